The summed E-state index contributed by atoms with van der Waals surface area (Å²) in [6.45, 7) is 0. The zero-order valence-electron chi connectivity index (χ0n) is 11.5. The van der Waals surface area contributed by atoms with E-state index in [-0.39, 0.29) is 0 Å². The molecule has 0 aromatic heterocycles. The molecule has 0 saturated heterocycles. The van der Waals surface area contributed by atoms with Crippen LogP contribution in [0.1, 0.15) is 0 Å². The van der Waals surface area contributed by atoms with Gasteiger partial charge in [0.05, 0.1) is 0 Å². The van der Waals surface area contributed by atoms with E-state index >= 15 is 0 Å². The first-order valence-corrected chi connectivity index (χ1v) is 6.60. The van der Waals surface area contributed by atoms with Crippen molar-refractivity contribution in [2.45, 2.75) is 0 Å². The zero-order valence-corrected chi connectivity index (χ0v) is 11.5. The third kappa shape index (κ3) is 3.14. The lowest BCUT2D eigenvalue weighted by molar-refractivity contribution is 0.399. The van der Waals surface area contributed by atoms with E-state index in [9.17, 15) is 0 Å². The fraction of sp³-hybridized carbons (Fsp3) is 0.0526. The second kappa shape index (κ2) is 7.27. The van der Waals surface area contributed by atoms with Gasteiger partial charge in [-0.25, -0.2) is 0 Å². The maximum atomic E-state index is 7.00. The van der Waals surface area contributed by atoms with Crippen molar-refractivity contribution in [2.75, 3.05) is 7.11 Å². The van der Waals surface area contributed by atoms with Crippen molar-refractivity contribution in [2.24, 2.45) is 0 Å². The van der Waals surface area contributed by atoms with Gasteiger partial charge >= 0.3 is 0 Å². The Balaban J connectivity index is 0.000000704. The van der Waals surface area contributed by atoms with E-state index < -0.39 is 0 Å². The molecule has 3 aromatic carbocycles. The second-order valence-corrected chi connectivity index (χ2v) is 4.28. The Hall–Kier alpha value is -2.38. The smallest absolute Gasteiger partial charge is 0.0319 e. The number of rotatable bonds is 2. The fourth-order valence-electron chi connectivity index (χ4n) is 2.22. The van der Waals surface area contributed by atoms with Crippen LogP contribution in [0, 0.1) is 0 Å². The minimum Gasteiger partial charge on any atom is -0.400 e. The van der Waals surface area contributed by atoms with Crippen molar-refractivity contribution in [3.05, 3.63) is 84.9 Å². The summed E-state index contributed by atoms with van der Waals surface area (Å²) < 4.78 is 0. The average molecular weight is 262 g/mol. The highest BCUT2D eigenvalue weighted by Gasteiger charge is 2.05. The molecule has 0 amide bonds. The molecule has 1 nitrogen and oxygen atoms in total. The van der Waals surface area contributed by atoms with Crippen molar-refractivity contribution >= 4 is 0 Å². The first-order valence-electron chi connectivity index (χ1n) is 6.60. The van der Waals surface area contributed by atoms with Crippen LogP contribution >= 0.6 is 0 Å². The summed E-state index contributed by atoms with van der Waals surface area (Å²) in [4.78, 5) is 0. The van der Waals surface area contributed by atoms with Crippen LogP contribution in [0.4, 0.5) is 0 Å². The topological polar surface area (TPSA) is 20.2 Å². The van der Waals surface area contributed by atoms with Gasteiger partial charge in [-0.1, -0.05) is 84.9 Å². The predicted molar refractivity (Wildman–Crippen MR) is 85.5 cm³/mol. The number of aliphatic hydroxyl groups is 1. The van der Waals surface area contributed by atoms with Crippen LogP contribution in [0.5, 0.6) is 0 Å². The monoisotopic (exact) mass is 262 g/mol. The van der Waals surface area contributed by atoms with E-state index in [2.05, 4.69) is 84.9 Å². The summed E-state index contributed by atoms with van der Waals surface area (Å²) in [5.41, 5.74) is 5.09. The SMILES string of the molecule is CO.c1ccc(-c2ccccc2-c2ccccc2)cc1. The molecule has 0 heterocycles. The third-order valence-electron chi connectivity index (χ3n) is 3.10. The summed E-state index contributed by atoms with van der Waals surface area (Å²) in [6.07, 6.45) is 0. The van der Waals surface area contributed by atoms with E-state index in [1.165, 1.54) is 22.3 Å². The van der Waals surface area contributed by atoms with Crippen molar-refractivity contribution in [3.8, 4) is 22.3 Å². The molecule has 1 heteroatoms. The molecular weight excluding hydrogens is 244 g/mol. The van der Waals surface area contributed by atoms with Crippen molar-refractivity contribution in [3.63, 3.8) is 0 Å². The van der Waals surface area contributed by atoms with Crippen LogP contribution in [0.25, 0.3) is 22.3 Å². The van der Waals surface area contributed by atoms with Gasteiger partial charge in [0.15, 0.2) is 0 Å². The quantitative estimate of drug-likeness (QED) is 0.714. The minimum absolute atomic E-state index is 1.00. The minimum atomic E-state index is 1.00. The predicted octanol–water partition coefficient (Wildman–Crippen LogP) is 4.63. The third-order valence-corrected chi connectivity index (χ3v) is 3.10. The molecule has 3 aromatic rings. The molecule has 0 spiro atoms. The summed E-state index contributed by atoms with van der Waals surface area (Å²) in [5.74, 6) is 0. The van der Waals surface area contributed by atoms with Crippen LogP contribution in [-0.2, 0) is 0 Å². The van der Waals surface area contributed by atoms with Crippen molar-refractivity contribution in [1.82, 2.24) is 0 Å². The summed E-state index contributed by atoms with van der Waals surface area (Å²) in [6, 6.07) is 29.6. The Morgan fingerprint density at radius 2 is 0.750 bits per heavy atom. The molecule has 0 fully saturated rings. The first kappa shape index (κ1) is 14.0. The van der Waals surface area contributed by atoms with Gasteiger partial charge < -0.3 is 5.11 Å². The average Bonchev–Trinajstić information content (AvgIpc) is 2.58. The maximum Gasteiger partial charge on any atom is 0.0319 e. The fourth-order valence-corrected chi connectivity index (χ4v) is 2.22. The lowest BCUT2D eigenvalue weighted by Crippen LogP contribution is -1.83. The summed E-state index contributed by atoms with van der Waals surface area (Å²) >= 11 is 0. The van der Waals surface area contributed by atoms with Crippen LogP contribution in [0.2, 0.25) is 0 Å². The van der Waals surface area contributed by atoms with E-state index in [0.29, 0.717) is 0 Å². The molecule has 0 saturated carbocycles. The highest BCUT2D eigenvalue weighted by atomic mass is 16.2. The Bertz CT molecular complexity index is 572. The highest BCUT2D eigenvalue weighted by Crippen LogP contribution is 2.31. The van der Waals surface area contributed by atoms with Gasteiger partial charge in [0.25, 0.3) is 0 Å². The number of aliphatic hydroxyl groups excluding tert-OH is 1. The Kier molecular flexibility index (Phi) is 5.10. The molecule has 1 N–H and O–H groups in total. The molecule has 0 aliphatic carbocycles. The largest absolute Gasteiger partial charge is 0.400 e. The molecule has 0 aliphatic heterocycles. The molecule has 0 aliphatic rings. The van der Waals surface area contributed by atoms with Crippen LogP contribution in [0.3, 0.4) is 0 Å². The van der Waals surface area contributed by atoms with Gasteiger partial charge in [-0.15, -0.1) is 0 Å². The van der Waals surface area contributed by atoms with Crippen LogP contribution in [-0.4, -0.2) is 12.2 Å². The molecule has 0 radical (unpaired) electrons. The Labute approximate surface area is 120 Å². The Morgan fingerprint density at radius 3 is 1.10 bits per heavy atom. The number of hydrogen-bond donors (Lipinski definition) is 1. The first-order chi connectivity index (χ1) is 9.95. The number of benzene rings is 3. The van der Waals surface area contributed by atoms with Gasteiger partial charge in [-0.3, -0.25) is 0 Å². The van der Waals surface area contributed by atoms with Gasteiger partial charge in [-0.05, 0) is 22.3 Å². The van der Waals surface area contributed by atoms with E-state index in [0.717, 1.165) is 7.11 Å². The standard InChI is InChI=1S/C18H14.CH4O/c1-3-9-15(10-4-1)17-13-7-8-14-18(17)16-11-5-2-6-12-16;1-2/h1-14H;2H,1H3. The van der Waals surface area contributed by atoms with Gasteiger partial charge in [0, 0.05) is 7.11 Å². The maximum absolute atomic E-state index is 7.00. The van der Waals surface area contributed by atoms with Gasteiger partial charge in [-0.2, -0.15) is 0 Å². The molecule has 0 bridgehead atoms. The Morgan fingerprint density at radius 1 is 0.450 bits per heavy atom. The van der Waals surface area contributed by atoms with Crippen LogP contribution < -0.4 is 0 Å². The number of hydrogen-bond acceptors (Lipinski definition) is 1. The highest BCUT2D eigenvalue weighted by molar-refractivity contribution is 5.83. The van der Waals surface area contributed by atoms with Gasteiger partial charge in [0.1, 0.15) is 0 Å². The van der Waals surface area contributed by atoms with E-state index in [1.54, 1.807) is 0 Å². The molecule has 3 rings (SSSR count). The van der Waals surface area contributed by atoms with Crippen molar-refractivity contribution < 1.29 is 5.11 Å². The summed E-state index contributed by atoms with van der Waals surface area (Å²) in [5, 5.41) is 7.00. The van der Waals surface area contributed by atoms with Crippen LogP contribution in [0.15, 0.2) is 84.9 Å². The summed E-state index contributed by atoms with van der Waals surface area (Å²) in [7, 11) is 1.00. The van der Waals surface area contributed by atoms with Crippen molar-refractivity contribution in [1.29, 1.82) is 0 Å². The zero-order chi connectivity index (χ0) is 14.2. The van der Waals surface area contributed by atoms with E-state index in [4.69, 9.17) is 5.11 Å². The molecular formula is C19H18O. The normalized spacial score (nSPS) is 9.50. The lowest BCUT2D eigenvalue weighted by atomic mass is 9.95. The molecule has 100 valence electrons. The van der Waals surface area contributed by atoms with Gasteiger partial charge in [0.2, 0.25) is 0 Å². The second-order valence-electron chi connectivity index (χ2n) is 4.28. The molecule has 20 heavy (non-hydrogen) atoms. The van der Waals surface area contributed by atoms with E-state index in [1.807, 2.05) is 0 Å². The lowest BCUT2D eigenvalue weighted by Gasteiger charge is -2.09. The molecule has 0 atom stereocenters. The molecule has 0 unspecified atom stereocenters.